The van der Waals surface area contributed by atoms with E-state index in [4.69, 9.17) is 0 Å². The number of rotatable bonds is 0. The van der Waals surface area contributed by atoms with Gasteiger partial charge in [-0.15, -0.1) is 27.7 Å². The Morgan fingerprint density at radius 2 is 1.45 bits per heavy atom. The van der Waals surface area contributed by atoms with Gasteiger partial charge in [0.15, 0.2) is 0 Å². The van der Waals surface area contributed by atoms with Gasteiger partial charge in [0, 0.05) is 19.6 Å². The first kappa shape index (κ1) is 6.31. The maximum atomic E-state index is 2.30. The van der Waals surface area contributed by atoms with Gasteiger partial charge in [-0.1, -0.05) is 0 Å². The average molecular weight is 196 g/mol. The van der Waals surface area contributed by atoms with Gasteiger partial charge >= 0.3 is 0 Å². The van der Waals surface area contributed by atoms with Gasteiger partial charge in [0.1, 0.15) is 0 Å². The molecule has 0 bridgehead atoms. The van der Waals surface area contributed by atoms with E-state index in [2.05, 4.69) is 23.7 Å². The summed E-state index contributed by atoms with van der Waals surface area (Å²) in [5, 5.41) is 3.27. The summed E-state index contributed by atoms with van der Waals surface area (Å²) in [6.07, 6.45) is 0. The smallest absolute Gasteiger partial charge is 0.0399 e. The molecule has 3 aromatic rings. The summed E-state index contributed by atoms with van der Waals surface area (Å²) in [6, 6.07) is 4.55. The minimum absolute atomic E-state index is 0.943. The number of hydrogen-bond acceptors (Lipinski definition) is 1. The molecule has 0 saturated carbocycles. The summed E-state index contributed by atoms with van der Waals surface area (Å²) < 4.78 is 3.04. The second-order valence-electron chi connectivity index (χ2n) is 2.54. The van der Waals surface area contributed by atoms with Crippen molar-refractivity contribution in [2.45, 2.75) is 0 Å². The molecule has 3 rings (SSSR count). The molecule has 2 unspecified atom stereocenters. The van der Waals surface area contributed by atoms with Gasteiger partial charge < -0.3 is 0 Å². The fraction of sp³-hybridized carbons (Fsp3) is 0. The average Bonchev–Trinajstić information content (AvgIpc) is 2.52. The van der Waals surface area contributed by atoms with E-state index in [0.29, 0.717) is 0 Å². The Balaban J connectivity index is 2.75. The predicted octanol–water partition coefficient (Wildman–Crippen LogP) is 4.12. The second kappa shape index (κ2) is 2.14. The lowest BCUT2D eigenvalue weighted by molar-refractivity contribution is 2.25. The molecule has 3 aromatic heterocycles. The number of thiophene rings is 1. The molecular weight excluding hydrogens is 190 g/mol. The van der Waals surface area contributed by atoms with Crippen molar-refractivity contribution in [2.24, 2.45) is 0 Å². The fourth-order valence-electron chi connectivity index (χ4n) is 1.39. The van der Waals surface area contributed by atoms with Crippen molar-refractivity contribution in [2.75, 3.05) is 0 Å². The molecule has 0 aromatic carbocycles. The molecule has 2 atom stereocenters. The Morgan fingerprint density at radius 3 is 2.00 bits per heavy atom. The third-order valence-electron chi connectivity index (χ3n) is 1.89. The highest BCUT2D eigenvalue weighted by Gasteiger charge is 2.03. The third-order valence-corrected chi connectivity index (χ3v) is 5.90. The highest BCUT2D eigenvalue weighted by atomic mass is 32.1. The van der Waals surface area contributed by atoms with Crippen molar-refractivity contribution in [1.29, 1.82) is 0 Å². The van der Waals surface area contributed by atoms with Crippen LogP contribution in [0.5, 0.6) is 0 Å². The van der Waals surface area contributed by atoms with E-state index in [9.17, 15) is 0 Å². The van der Waals surface area contributed by atoms with E-state index in [1.54, 1.807) is 10.2 Å². The Morgan fingerprint density at radius 1 is 0.909 bits per heavy atom. The van der Waals surface area contributed by atoms with Crippen LogP contribution >= 0.6 is 27.7 Å². The van der Waals surface area contributed by atoms with Gasteiger partial charge in [0.05, 0.1) is 0 Å². The Kier molecular flexibility index (Phi) is 1.23. The highest BCUT2D eigenvalue weighted by molar-refractivity contribution is 7.48. The molecule has 0 spiro atoms. The van der Waals surface area contributed by atoms with Crippen LogP contribution in [0.25, 0.3) is 19.6 Å². The molecule has 3 heteroatoms. The van der Waals surface area contributed by atoms with Crippen LogP contribution in [0, 0.1) is 0 Å². The zero-order valence-electron chi connectivity index (χ0n) is 5.72. The summed E-state index contributed by atoms with van der Waals surface area (Å²) in [7, 11) is 1.89. The van der Waals surface area contributed by atoms with Gasteiger partial charge in [-0.3, -0.25) is 0 Å². The maximum Gasteiger partial charge on any atom is 0.0399 e. The van der Waals surface area contributed by atoms with Gasteiger partial charge in [0.2, 0.25) is 0 Å². The van der Waals surface area contributed by atoms with Crippen LogP contribution in [-0.4, -0.2) is 0 Å². The summed E-state index contributed by atoms with van der Waals surface area (Å²) in [5.74, 6) is 4.59. The molecule has 0 aliphatic heterocycles. The first-order chi connectivity index (χ1) is 5.45. The summed E-state index contributed by atoms with van der Waals surface area (Å²) in [5.41, 5.74) is 0. The normalized spacial score (nSPS) is 13.1. The molecular formula is C8H6P2S. The maximum absolute atomic E-state index is 2.30. The van der Waals surface area contributed by atoms with Crippen LogP contribution in [0.1, 0.15) is 0 Å². The molecule has 0 amide bonds. The van der Waals surface area contributed by atoms with Crippen LogP contribution in [0.2, 0.25) is 0 Å². The van der Waals surface area contributed by atoms with Crippen molar-refractivity contribution in [3.63, 3.8) is 0 Å². The summed E-state index contributed by atoms with van der Waals surface area (Å²) >= 11 is 1.95. The lowest BCUT2D eigenvalue weighted by Crippen LogP contribution is -1.36. The van der Waals surface area contributed by atoms with Crippen molar-refractivity contribution in [1.82, 2.24) is 0 Å². The third kappa shape index (κ3) is 0.767. The Bertz CT molecular complexity index is 455. The molecule has 0 N–H and O–H groups in total. The SMILES string of the molecule is c1cc2sc3cc[pH]c3c2[pH]1. The zero-order chi connectivity index (χ0) is 7.26. The molecule has 0 saturated heterocycles. The summed E-state index contributed by atoms with van der Waals surface area (Å²) in [4.78, 5) is 0. The van der Waals surface area contributed by atoms with E-state index < -0.39 is 0 Å². The first-order valence-electron chi connectivity index (χ1n) is 3.48. The van der Waals surface area contributed by atoms with Crippen molar-refractivity contribution >= 4 is 47.4 Å². The Hall–Kier alpha value is -0.220. The molecule has 0 aliphatic rings. The first-order valence-corrected chi connectivity index (χ1v) is 6.45. The zero-order valence-corrected chi connectivity index (χ0v) is 8.53. The topological polar surface area (TPSA) is 0 Å². The van der Waals surface area contributed by atoms with E-state index >= 15 is 0 Å². The molecule has 54 valence electrons. The van der Waals surface area contributed by atoms with E-state index in [0.717, 1.165) is 16.4 Å². The molecule has 11 heavy (non-hydrogen) atoms. The lowest BCUT2D eigenvalue weighted by Gasteiger charge is -1.74. The van der Waals surface area contributed by atoms with Crippen LogP contribution < -0.4 is 0 Å². The predicted molar refractivity (Wildman–Crippen MR) is 58.3 cm³/mol. The van der Waals surface area contributed by atoms with Crippen LogP contribution in [0.15, 0.2) is 23.7 Å². The quantitative estimate of drug-likeness (QED) is 0.507. The number of fused-ring (bicyclic) bond motifs is 3. The summed E-state index contributed by atoms with van der Waals surface area (Å²) in [6.45, 7) is 0. The van der Waals surface area contributed by atoms with E-state index in [1.807, 2.05) is 11.3 Å². The fourth-order valence-corrected chi connectivity index (χ4v) is 5.66. The van der Waals surface area contributed by atoms with Gasteiger partial charge in [-0.2, -0.15) is 0 Å². The van der Waals surface area contributed by atoms with Crippen molar-refractivity contribution < 1.29 is 0 Å². The van der Waals surface area contributed by atoms with E-state index in [-0.39, 0.29) is 0 Å². The molecule has 0 radical (unpaired) electrons. The van der Waals surface area contributed by atoms with Crippen molar-refractivity contribution in [3.05, 3.63) is 23.7 Å². The van der Waals surface area contributed by atoms with Gasteiger partial charge in [-0.05, 0) is 23.7 Å². The van der Waals surface area contributed by atoms with Crippen molar-refractivity contribution in [3.8, 4) is 0 Å². The second-order valence-corrected chi connectivity index (χ2v) is 5.86. The number of hydrogen-bond donors (Lipinski definition) is 0. The highest BCUT2D eigenvalue weighted by Crippen LogP contribution is 2.43. The Labute approximate surface area is 71.4 Å². The van der Waals surface area contributed by atoms with Crippen LogP contribution in [0.3, 0.4) is 0 Å². The molecule has 0 nitrogen and oxygen atoms in total. The van der Waals surface area contributed by atoms with Gasteiger partial charge in [-0.25, -0.2) is 0 Å². The van der Waals surface area contributed by atoms with Crippen LogP contribution in [0.4, 0.5) is 0 Å². The standard InChI is InChI=1S/C8H6P2S/c1-3-9-7-5(1)11-6-2-4-10-8(6)7/h1-4,9-10H. The van der Waals surface area contributed by atoms with E-state index in [1.165, 1.54) is 9.40 Å². The minimum atomic E-state index is 0.943. The van der Waals surface area contributed by atoms with Gasteiger partial charge in [0.25, 0.3) is 0 Å². The molecule has 0 fully saturated rings. The largest absolute Gasteiger partial charge is 0.134 e. The minimum Gasteiger partial charge on any atom is -0.134 e. The van der Waals surface area contributed by atoms with Crippen LogP contribution in [-0.2, 0) is 0 Å². The monoisotopic (exact) mass is 196 g/mol. The molecule has 3 heterocycles. The lowest BCUT2D eigenvalue weighted by atomic mass is 10.5. The molecule has 0 aliphatic carbocycles.